The fourth-order valence-electron chi connectivity index (χ4n) is 0.144. The van der Waals surface area contributed by atoms with Gasteiger partial charge in [0.25, 0.3) is 0 Å². The summed E-state index contributed by atoms with van der Waals surface area (Å²) in [5, 5.41) is 0. The van der Waals surface area contributed by atoms with Crippen molar-refractivity contribution in [3.8, 4) is 11.8 Å². The number of rotatable bonds is 0. The predicted octanol–water partition coefficient (Wildman–Crippen LogP) is 1.23. The van der Waals surface area contributed by atoms with Gasteiger partial charge in [0.1, 0.15) is 0 Å². The van der Waals surface area contributed by atoms with E-state index in [0.717, 1.165) is 0 Å². The van der Waals surface area contributed by atoms with E-state index in [4.69, 9.17) is 0 Å². The molecule has 0 spiro atoms. The van der Waals surface area contributed by atoms with Crippen molar-refractivity contribution in [2.75, 3.05) is 0 Å². The molecule has 3 radical (unpaired) electrons. The molecule has 0 saturated heterocycles. The largest absolute Gasteiger partial charge is 0.331 e. The Morgan fingerprint density at radius 2 is 1.50 bits per heavy atom. The Bertz CT molecular complexity index is 59.8. The first-order chi connectivity index (χ1) is 2.41. The average Bonchev–Trinajstić information content (AvgIpc) is 1.41. The van der Waals surface area contributed by atoms with Crippen molar-refractivity contribution in [3.63, 3.8) is 0 Å². The Balaban J connectivity index is -0.0000000267. The van der Waals surface area contributed by atoms with Gasteiger partial charge in [-0.05, 0) is 0 Å². The first kappa shape index (κ1) is 22.4. The minimum Gasteiger partial charge on any atom is -0.331 e. The Labute approximate surface area is 127 Å². The zero-order valence-electron chi connectivity index (χ0n) is 5.31. The molecule has 37 valence electrons. The fourth-order valence-corrected chi connectivity index (χ4v) is 0.144. The van der Waals surface area contributed by atoms with E-state index in [2.05, 4.69) is 11.8 Å². The van der Waals surface area contributed by atoms with Crippen LogP contribution in [0.2, 0.25) is 0 Å². The average molecular weight is 334 g/mol. The molecular weight excluding hydrogens is 327 g/mol. The Kier molecular flexibility index (Phi) is 63.3. The van der Waals surface area contributed by atoms with Gasteiger partial charge in [-0.3, -0.25) is 5.92 Å². The zero-order chi connectivity index (χ0) is 4.12. The van der Waals surface area contributed by atoms with E-state index < -0.39 is 0 Å². The summed E-state index contributed by atoms with van der Waals surface area (Å²) in [5.74, 6) is 5.45. The maximum absolute atomic E-state index is 2.74. The van der Waals surface area contributed by atoms with Gasteiger partial charge >= 0.3 is 0 Å². The fraction of sp³-hybridized carbons (Fsp3) is 0.400. The summed E-state index contributed by atoms with van der Waals surface area (Å²) in [4.78, 5) is 0. The minimum absolute atomic E-state index is 0. The van der Waals surface area contributed by atoms with E-state index in [1.165, 1.54) is 0 Å². The summed E-state index contributed by atoms with van der Waals surface area (Å²) in [6.45, 7) is 3.73. The molecule has 0 nitrogen and oxygen atoms in total. The molecule has 0 aromatic heterocycles. The van der Waals surface area contributed by atoms with Crippen LogP contribution in [-0.2, 0) is 98.1 Å². The van der Waals surface area contributed by atoms with E-state index in [9.17, 15) is 0 Å². The Morgan fingerprint density at radius 3 is 1.50 bits per heavy atom. The molecule has 0 aliphatic heterocycles. The summed E-state index contributed by atoms with van der Waals surface area (Å²) in [7, 11) is 0. The van der Waals surface area contributed by atoms with Crippen molar-refractivity contribution in [3.05, 3.63) is 6.42 Å². The van der Waals surface area contributed by atoms with Crippen LogP contribution in [0.3, 0.4) is 0 Å². The van der Waals surface area contributed by atoms with Crippen molar-refractivity contribution < 1.29 is 98.1 Å². The maximum Gasteiger partial charge on any atom is 0 e. The quantitative estimate of drug-likeness (QED) is 0.462. The van der Waals surface area contributed by atoms with Gasteiger partial charge in [0.2, 0.25) is 0 Å². The maximum atomic E-state index is 2.74. The van der Waals surface area contributed by atoms with Crippen LogP contribution in [0.5, 0.6) is 0 Å². The summed E-state index contributed by atoms with van der Waals surface area (Å²) >= 11 is 0. The molecule has 0 aliphatic carbocycles. The van der Waals surface area contributed by atoms with Gasteiger partial charge in [-0.2, -0.15) is 6.42 Å². The normalized spacial score (nSPS) is 2.75. The van der Waals surface area contributed by atoms with Crippen LogP contribution in [-0.4, -0.2) is 0 Å². The molecule has 8 heavy (non-hydrogen) atoms. The number of hydrogen-bond donors (Lipinski definition) is 0. The van der Waals surface area contributed by atoms with E-state index in [1.807, 2.05) is 20.3 Å². The second-order valence-corrected chi connectivity index (χ2v) is 0.683. The second kappa shape index (κ2) is 22.6. The molecule has 0 aliphatic rings. The van der Waals surface area contributed by atoms with E-state index in [0.29, 0.717) is 0 Å². The monoisotopic (exact) mass is 334 g/mol. The van der Waals surface area contributed by atoms with Crippen LogP contribution in [0.4, 0.5) is 0 Å². The number of hydrogen-bond acceptors (Lipinski definition) is 0. The van der Waals surface area contributed by atoms with Crippen LogP contribution in [0, 0.1) is 18.3 Å². The summed E-state index contributed by atoms with van der Waals surface area (Å²) in [6, 6.07) is 0. The van der Waals surface area contributed by atoms with Crippen LogP contribution in [0.1, 0.15) is 13.8 Å². The van der Waals surface area contributed by atoms with E-state index in [1.54, 1.807) is 0 Å². The molecule has 0 atom stereocenters. The third kappa shape index (κ3) is 23.3. The van der Waals surface area contributed by atoms with Gasteiger partial charge in [-0.1, -0.05) is 6.92 Å². The molecule has 0 N–H and O–H groups in total. The summed E-state index contributed by atoms with van der Waals surface area (Å²) in [6.07, 6.45) is 1.82. The van der Waals surface area contributed by atoms with Gasteiger partial charge in [0, 0.05) is 98.1 Å². The molecule has 0 heterocycles. The molecule has 0 unspecified atom stereocenters. The van der Waals surface area contributed by atoms with Crippen molar-refractivity contribution in [1.29, 1.82) is 0 Å². The second-order valence-electron chi connectivity index (χ2n) is 0.683. The van der Waals surface area contributed by atoms with Crippen LogP contribution in [0.15, 0.2) is 0 Å². The van der Waals surface area contributed by atoms with Crippen LogP contribution in [0.25, 0.3) is 0 Å². The predicted molar refractivity (Wildman–Crippen MR) is 23.4 cm³/mol. The van der Waals surface area contributed by atoms with Gasteiger partial charge < -0.3 is 5.92 Å². The molecule has 0 fully saturated rings. The van der Waals surface area contributed by atoms with Crippen LogP contribution >= 0.6 is 0 Å². The summed E-state index contributed by atoms with van der Waals surface area (Å²) < 4.78 is 0. The van der Waals surface area contributed by atoms with E-state index >= 15 is 0 Å². The molecule has 0 saturated carbocycles. The Morgan fingerprint density at radius 1 is 1.12 bits per heavy atom. The SMILES string of the molecule is CC#C[CH-]C.[Y].[Y].[Y]. The van der Waals surface area contributed by atoms with Crippen molar-refractivity contribution in [2.24, 2.45) is 0 Å². The van der Waals surface area contributed by atoms with Gasteiger partial charge in [-0.25, -0.2) is 0 Å². The van der Waals surface area contributed by atoms with E-state index in [-0.39, 0.29) is 98.1 Å². The zero-order valence-corrected chi connectivity index (χ0v) is 13.8. The van der Waals surface area contributed by atoms with Crippen molar-refractivity contribution in [1.82, 2.24) is 0 Å². The van der Waals surface area contributed by atoms with Gasteiger partial charge in [0.05, 0.1) is 0 Å². The first-order valence-electron chi connectivity index (χ1n) is 1.62. The van der Waals surface area contributed by atoms with Gasteiger partial charge in [0.15, 0.2) is 0 Å². The third-order valence-electron chi connectivity index (χ3n) is 0.289. The molecular formula is C5H7Y3-. The minimum atomic E-state index is 0. The molecule has 0 aromatic rings. The van der Waals surface area contributed by atoms with Crippen LogP contribution < -0.4 is 0 Å². The first-order valence-corrected chi connectivity index (χ1v) is 1.62. The smallest absolute Gasteiger partial charge is 0 e. The molecule has 0 rings (SSSR count). The third-order valence-corrected chi connectivity index (χ3v) is 0.289. The molecule has 0 amide bonds. The molecule has 0 aromatic carbocycles. The molecule has 0 bridgehead atoms. The summed E-state index contributed by atoms with van der Waals surface area (Å²) in [5.41, 5.74) is 0. The Hall–Kier alpha value is 2.74. The standard InChI is InChI=1S/C5H7.3Y/c1-3-5-4-2;;;/h3H,1-2H3;;;/q-1;;;. The van der Waals surface area contributed by atoms with Crippen molar-refractivity contribution >= 4 is 0 Å². The van der Waals surface area contributed by atoms with Crippen molar-refractivity contribution in [2.45, 2.75) is 13.8 Å². The molecule has 3 heteroatoms. The topological polar surface area (TPSA) is 0 Å². The van der Waals surface area contributed by atoms with Gasteiger partial charge in [-0.15, -0.1) is 6.92 Å².